The van der Waals surface area contributed by atoms with Crippen LogP contribution in [-0.2, 0) is 10.0 Å². The van der Waals surface area contributed by atoms with E-state index in [9.17, 15) is 17.6 Å². The zero-order valence-electron chi connectivity index (χ0n) is 13.0. The molecule has 0 aliphatic rings. The van der Waals surface area contributed by atoms with Gasteiger partial charge in [-0.3, -0.25) is 9.10 Å². The van der Waals surface area contributed by atoms with Crippen molar-refractivity contribution in [1.29, 1.82) is 0 Å². The highest BCUT2D eigenvalue weighted by Gasteiger charge is 2.18. The van der Waals surface area contributed by atoms with Crippen molar-refractivity contribution in [1.82, 2.24) is 0 Å². The summed E-state index contributed by atoms with van der Waals surface area (Å²) < 4.78 is 37.9. The summed E-state index contributed by atoms with van der Waals surface area (Å²) in [6.45, 7) is 1.78. The summed E-state index contributed by atoms with van der Waals surface area (Å²) >= 11 is 0. The number of amides is 1. The summed E-state index contributed by atoms with van der Waals surface area (Å²) in [4.78, 5) is 12.4. The Morgan fingerprint density at radius 2 is 1.83 bits per heavy atom. The number of carbonyl (C=O) groups excluding carboxylic acids is 1. The lowest BCUT2D eigenvalue weighted by atomic mass is 10.1. The third kappa shape index (κ3) is 3.87. The lowest BCUT2D eigenvalue weighted by Crippen LogP contribution is -2.26. The van der Waals surface area contributed by atoms with Gasteiger partial charge in [-0.15, -0.1) is 0 Å². The molecular weight excluding hydrogens is 319 g/mol. The molecule has 122 valence electrons. The van der Waals surface area contributed by atoms with E-state index in [-0.39, 0.29) is 11.4 Å². The lowest BCUT2D eigenvalue weighted by Gasteiger charge is -2.20. The summed E-state index contributed by atoms with van der Waals surface area (Å²) in [6.07, 6.45) is 1.03. The van der Waals surface area contributed by atoms with E-state index in [0.29, 0.717) is 5.56 Å². The minimum atomic E-state index is -3.54. The van der Waals surface area contributed by atoms with E-state index in [1.54, 1.807) is 31.2 Å². The van der Waals surface area contributed by atoms with Crippen LogP contribution in [0.4, 0.5) is 15.8 Å². The number of nitrogens with one attached hydrogen (secondary N) is 1. The Morgan fingerprint density at radius 1 is 1.17 bits per heavy atom. The molecule has 2 aromatic carbocycles. The Bertz CT molecular complexity index is 850. The maximum Gasteiger partial charge on any atom is 0.255 e. The summed E-state index contributed by atoms with van der Waals surface area (Å²) in [5, 5.41) is 2.58. The molecule has 2 aromatic rings. The second kappa shape index (κ2) is 6.37. The minimum absolute atomic E-state index is 0.0891. The molecule has 7 heteroatoms. The van der Waals surface area contributed by atoms with Crippen LogP contribution in [0.25, 0.3) is 0 Å². The highest BCUT2D eigenvalue weighted by Crippen LogP contribution is 2.28. The molecule has 0 bridgehead atoms. The zero-order chi connectivity index (χ0) is 17.2. The number of aryl methyl sites for hydroxylation is 1. The SMILES string of the molecule is Cc1ccccc1C(=O)Nc1cc(F)ccc1N(C)S(C)(=O)=O. The van der Waals surface area contributed by atoms with Crippen molar-refractivity contribution in [2.45, 2.75) is 6.92 Å². The summed E-state index contributed by atoms with van der Waals surface area (Å²) in [7, 11) is -2.20. The Balaban J connectivity index is 2.42. The highest BCUT2D eigenvalue weighted by atomic mass is 32.2. The predicted molar refractivity (Wildman–Crippen MR) is 88.8 cm³/mol. The van der Waals surface area contributed by atoms with Crippen LogP contribution in [0.3, 0.4) is 0 Å². The van der Waals surface area contributed by atoms with E-state index >= 15 is 0 Å². The number of sulfonamides is 1. The molecule has 0 aliphatic carbocycles. The highest BCUT2D eigenvalue weighted by molar-refractivity contribution is 7.92. The van der Waals surface area contributed by atoms with Crippen LogP contribution in [0, 0.1) is 12.7 Å². The molecule has 0 heterocycles. The first kappa shape index (κ1) is 17.0. The molecule has 0 radical (unpaired) electrons. The van der Waals surface area contributed by atoms with Gasteiger partial charge in [-0.05, 0) is 36.8 Å². The zero-order valence-corrected chi connectivity index (χ0v) is 13.8. The quantitative estimate of drug-likeness (QED) is 0.933. The smallest absolute Gasteiger partial charge is 0.255 e. The first-order valence-corrected chi connectivity index (χ1v) is 8.65. The Labute approximate surface area is 134 Å². The average molecular weight is 336 g/mol. The Morgan fingerprint density at radius 3 is 2.43 bits per heavy atom. The van der Waals surface area contributed by atoms with Crippen LogP contribution >= 0.6 is 0 Å². The van der Waals surface area contributed by atoms with Gasteiger partial charge in [-0.2, -0.15) is 0 Å². The van der Waals surface area contributed by atoms with Gasteiger partial charge in [0.05, 0.1) is 17.6 Å². The van der Waals surface area contributed by atoms with Crippen LogP contribution in [0.5, 0.6) is 0 Å². The predicted octanol–water partition coefficient (Wildman–Crippen LogP) is 2.78. The van der Waals surface area contributed by atoms with Gasteiger partial charge < -0.3 is 5.32 Å². The topological polar surface area (TPSA) is 66.5 Å². The summed E-state index contributed by atoms with van der Waals surface area (Å²) in [5.41, 5.74) is 1.48. The third-order valence-electron chi connectivity index (χ3n) is 3.43. The van der Waals surface area contributed by atoms with Crippen molar-refractivity contribution >= 4 is 27.3 Å². The maximum absolute atomic E-state index is 13.5. The van der Waals surface area contributed by atoms with Crippen LogP contribution in [0.1, 0.15) is 15.9 Å². The van der Waals surface area contributed by atoms with Gasteiger partial charge in [0.2, 0.25) is 10.0 Å². The third-order valence-corrected chi connectivity index (χ3v) is 4.62. The van der Waals surface area contributed by atoms with Crippen LogP contribution < -0.4 is 9.62 Å². The molecule has 0 saturated carbocycles. The normalized spacial score (nSPS) is 11.1. The van der Waals surface area contributed by atoms with E-state index in [1.165, 1.54) is 13.1 Å². The standard InChI is InChI=1S/C16H17FN2O3S/c1-11-6-4-5-7-13(11)16(20)18-14-10-12(17)8-9-15(14)19(2)23(3,21)22/h4-10H,1-3H3,(H,18,20). The van der Waals surface area contributed by atoms with Gasteiger partial charge in [0.1, 0.15) is 5.82 Å². The molecule has 23 heavy (non-hydrogen) atoms. The molecule has 1 N–H and O–H groups in total. The number of rotatable bonds is 4. The van der Waals surface area contributed by atoms with Gasteiger partial charge in [-0.25, -0.2) is 12.8 Å². The van der Waals surface area contributed by atoms with Gasteiger partial charge in [-0.1, -0.05) is 18.2 Å². The lowest BCUT2D eigenvalue weighted by molar-refractivity contribution is 0.102. The maximum atomic E-state index is 13.5. The van der Waals surface area contributed by atoms with E-state index < -0.39 is 21.7 Å². The summed E-state index contributed by atoms with van der Waals surface area (Å²) in [6, 6.07) is 10.5. The minimum Gasteiger partial charge on any atom is -0.320 e. The molecule has 0 aliphatic heterocycles. The van der Waals surface area contributed by atoms with Crippen molar-refractivity contribution in [3.8, 4) is 0 Å². The second-order valence-electron chi connectivity index (χ2n) is 5.16. The second-order valence-corrected chi connectivity index (χ2v) is 7.17. The van der Waals surface area contributed by atoms with Gasteiger partial charge in [0.25, 0.3) is 5.91 Å². The number of carbonyl (C=O) groups is 1. The van der Waals surface area contributed by atoms with Crippen molar-refractivity contribution in [2.75, 3.05) is 22.9 Å². The molecule has 0 atom stereocenters. The fourth-order valence-corrected chi connectivity index (χ4v) is 2.60. The Kier molecular flexibility index (Phi) is 4.70. The summed E-state index contributed by atoms with van der Waals surface area (Å²) in [5.74, 6) is -1.01. The molecule has 0 fully saturated rings. The number of hydrogen-bond donors (Lipinski definition) is 1. The van der Waals surface area contributed by atoms with Crippen LogP contribution in [-0.4, -0.2) is 27.6 Å². The number of anilines is 2. The largest absolute Gasteiger partial charge is 0.320 e. The van der Waals surface area contributed by atoms with Crippen molar-refractivity contribution in [3.05, 3.63) is 59.4 Å². The van der Waals surface area contributed by atoms with Crippen molar-refractivity contribution in [2.24, 2.45) is 0 Å². The molecule has 1 amide bonds. The fraction of sp³-hybridized carbons (Fsp3) is 0.188. The van der Waals surface area contributed by atoms with E-state index in [4.69, 9.17) is 0 Å². The first-order chi connectivity index (χ1) is 10.7. The van der Waals surface area contributed by atoms with E-state index in [0.717, 1.165) is 28.3 Å². The number of halogens is 1. The van der Waals surface area contributed by atoms with Crippen molar-refractivity contribution < 1.29 is 17.6 Å². The molecule has 0 aromatic heterocycles. The van der Waals surface area contributed by atoms with Gasteiger partial charge in [0, 0.05) is 12.6 Å². The number of benzene rings is 2. The molecule has 5 nitrogen and oxygen atoms in total. The van der Waals surface area contributed by atoms with E-state index in [2.05, 4.69) is 5.32 Å². The van der Waals surface area contributed by atoms with Crippen LogP contribution in [0.2, 0.25) is 0 Å². The number of nitrogens with zero attached hydrogens (tertiary/aromatic N) is 1. The molecule has 0 saturated heterocycles. The van der Waals surface area contributed by atoms with Crippen LogP contribution in [0.15, 0.2) is 42.5 Å². The monoisotopic (exact) mass is 336 g/mol. The number of hydrogen-bond acceptors (Lipinski definition) is 3. The van der Waals surface area contributed by atoms with E-state index in [1.807, 2.05) is 0 Å². The Hall–Kier alpha value is -2.41. The molecule has 2 rings (SSSR count). The van der Waals surface area contributed by atoms with Gasteiger partial charge >= 0.3 is 0 Å². The molecule has 0 unspecified atom stereocenters. The fourth-order valence-electron chi connectivity index (χ4n) is 2.08. The van der Waals surface area contributed by atoms with Crippen molar-refractivity contribution in [3.63, 3.8) is 0 Å². The van der Waals surface area contributed by atoms with Gasteiger partial charge in [0.15, 0.2) is 0 Å². The molecular formula is C16H17FN2O3S. The first-order valence-electron chi connectivity index (χ1n) is 6.80. The average Bonchev–Trinajstić information content (AvgIpc) is 2.46. The molecule has 0 spiro atoms.